The number of ether oxygens (including phenoxy) is 2. The lowest BCUT2D eigenvalue weighted by molar-refractivity contribution is -0.155. The molecule has 1 atom stereocenters. The number of nitrogens with zero attached hydrogens (tertiary/aromatic N) is 1. The van der Waals surface area contributed by atoms with Gasteiger partial charge in [-0.05, 0) is 23.3 Å². The van der Waals surface area contributed by atoms with Crippen LogP contribution >= 0.6 is 0 Å². The summed E-state index contributed by atoms with van der Waals surface area (Å²) in [7, 11) is 1.25. The van der Waals surface area contributed by atoms with Gasteiger partial charge in [0.25, 0.3) is 5.91 Å². The van der Waals surface area contributed by atoms with E-state index in [4.69, 9.17) is 9.47 Å². The maximum absolute atomic E-state index is 13.6. The number of esters is 2. The summed E-state index contributed by atoms with van der Waals surface area (Å²) < 4.78 is 23.4. The van der Waals surface area contributed by atoms with Crippen molar-refractivity contribution in [3.05, 3.63) is 71.0 Å². The zero-order valence-corrected chi connectivity index (χ0v) is 14.7. The summed E-state index contributed by atoms with van der Waals surface area (Å²) in [5.74, 6) is -2.76. The van der Waals surface area contributed by atoms with Crippen molar-refractivity contribution in [2.24, 2.45) is 0 Å². The number of benzene rings is 2. The highest BCUT2D eigenvalue weighted by atomic mass is 19.1. The molecule has 0 bridgehead atoms. The van der Waals surface area contributed by atoms with Gasteiger partial charge in [-0.3, -0.25) is 4.79 Å². The lowest BCUT2D eigenvalue weighted by atomic mass is 9.94. The number of amides is 1. The van der Waals surface area contributed by atoms with E-state index in [1.165, 1.54) is 30.2 Å². The fourth-order valence-electron chi connectivity index (χ4n) is 3.05. The second-order valence-corrected chi connectivity index (χ2v) is 6.09. The van der Waals surface area contributed by atoms with E-state index in [0.717, 1.165) is 17.2 Å². The van der Waals surface area contributed by atoms with Crippen molar-refractivity contribution in [2.45, 2.75) is 19.0 Å². The van der Waals surface area contributed by atoms with Gasteiger partial charge in [0.1, 0.15) is 11.9 Å². The molecule has 1 aliphatic rings. The van der Waals surface area contributed by atoms with E-state index in [-0.39, 0.29) is 12.1 Å². The summed E-state index contributed by atoms with van der Waals surface area (Å²) >= 11 is 0. The predicted octanol–water partition coefficient (Wildman–Crippen LogP) is 2.11. The van der Waals surface area contributed by atoms with Crippen LogP contribution in [-0.4, -0.2) is 42.5 Å². The zero-order valence-electron chi connectivity index (χ0n) is 14.7. The normalized spacial score (nSPS) is 15.6. The number of halogens is 1. The first-order chi connectivity index (χ1) is 13.0. The summed E-state index contributed by atoms with van der Waals surface area (Å²) in [6.07, 6.45) is 0.315. The summed E-state index contributed by atoms with van der Waals surface area (Å²) in [4.78, 5) is 38.0. The van der Waals surface area contributed by atoms with Gasteiger partial charge in [0, 0.05) is 13.0 Å². The molecule has 0 saturated carbocycles. The highest BCUT2D eigenvalue weighted by Gasteiger charge is 2.35. The number of hydrogen-bond acceptors (Lipinski definition) is 5. The maximum atomic E-state index is 13.6. The number of methoxy groups -OCH3 is 1. The predicted molar refractivity (Wildman–Crippen MR) is 93.2 cm³/mol. The first-order valence-electron chi connectivity index (χ1n) is 8.37. The number of hydrogen-bond donors (Lipinski definition) is 0. The van der Waals surface area contributed by atoms with Crippen molar-refractivity contribution in [3.8, 4) is 0 Å². The molecule has 1 heterocycles. The van der Waals surface area contributed by atoms with Crippen LogP contribution in [0.1, 0.15) is 21.5 Å². The van der Waals surface area contributed by atoms with Crippen LogP contribution < -0.4 is 0 Å². The minimum Gasteiger partial charge on any atom is -0.467 e. The number of rotatable bonds is 4. The zero-order chi connectivity index (χ0) is 19.4. The van der Waals surface area contributed by atoms with Crippen molar-refractivity contribution in [2.75, 3.05) is 13.7 Å². The van der Waals surface area contributed by atoms with Crippen molar-refractivity contribution in [3.63, 3.8) is 0 Å². The van der Waals surface area contributed by atoms with Crippen LogP contribution in [0.25, 0.3) is 0 Å². The Hall–Kier alpha value is -3.22. The Bertz CT molecular complexity index is 882. The maximum Gasteiger partial charge on any atom is 0.341 e. The van der Waals surface area contributed by atoms with Gasteiger partial charge in [0.2, 0.25) is 0 Å². The Balaban J connectivity index is 1.73. The van der Waals surface area contributed by atoms with Gasteiger partial charge >= 0.3 is 11.9 Å². The highest BCUT2D eigenvalue weighted by molar-refractivity contribution is 5.92. The van der Waals surface area contributed by atoms with Gasteiger partial charge in [-0.15, -0.1) is 0 Å². The second kappa shape index (κ2) is 7.99. The standard InChI is InChI=1S/C20H18FNO5/c1-26-20(25)17-10-13-6-2-3-7-14(13)11-22(17)18(23)12-27-19(24)15-8-4-5-9-16(15)21/h2-9,17H,10-12H2,1H3/t17-/m1/s1. The Kier molecular flexibility index (Phi) is 5.49. The average molecular weight is 371 g/mol. The molecule has 3 rings (SSSR count). The van der Waals surface area contributed by atoms with Crippen LogP contribution in [0.2, 0.25) is 0 Å². The molecule has 7 heteroatoms. The van der Waals surface area contributed by atoms with Crippen molar-refractivity contribution < 1.29 is 28.2 Å². The molecule has 140 valence electrons. The minimum absolute atomic E-state index is 0.200. The van der Waals surface area contributed by atoms with E-state index in [9.17, 15) is 18.8 Å². The van der Waals surface area contributed by atoms with E-state index in [1.54, 1.807) is 0 Å². The summed E-state index contributed by atoms with van der Waals surface area (Å²) in [6, 6.07) is 12.0. The highest BCUT2D eigenvalue weighted by Crippen LogP contribution is 2.24. The molecule has 1 amide bonds. The van der Waals surface area contributed by atoms with E-state index in [2.05, 4.69) is 0 Å². The van der Waals surface area contributed by atoms with Crippen LogP contribution in [-0.2, 0) is 32.0 Å². The lowest BCUT2D eigenvalue weighted by Gasteiger charge is -2.35. The minimum atomic E-state index is -0.937. The number of carbonyl (C=O) groups is 3. The largest absolute Gasteiger partial charge is 0.467 e. The molecule has 0 N–H and O–H groups in total. The molecular weight excluding hydrogens is 353 g/mol. The van der Waals surface area contributed by atoms with E-state index in [0.29, 0.717) is 6.42 Å². The molecule has 0 aliphatic carbocycles. The van der Waals surface area contributed by atoms with E-state index >= 15 is 0 Å². The summed E-state index contributed by atoms with van der Waals surface area (Å²) in [6.45, 7) is -0.394. The Morgan fingerprint density at radius 3 is 2.44 bits per heavy atom. The van der Waals surface area contributed by atoms with Crippen LogP contribution in [0, 0.1) is 5.82 Å². The van der Waals surface area contributed by atoms with Gasteiger partial charge in [-0.2, -0.15) is 0 Å². The SMILES string of the molecule is COC(=O)[C@H]1Cc2ccccc2CN1C(=O)COC(=O)c1ccccc1F. The Labute approximate surface area is 155 Å². The van der Waals surface area contributed by atoms with E-state index in [1.807, 2.05) is 24.3 Å². The molecule has 1 aliphatic heterocycles. The van der Waals surface area contributed by atoms with Crippen LogP contribution in [0.3, 0.4) is 0 Å². The smallest absolute Gasteiger partial charge is 0.341 e. The van der Waals surface area contributed by atoms with Gasteiger partial charge in [-0.25, -0.2) is 14.0 Å². The van der Waals surface area contributed by atoms with Gasteiger partial charge < -0.3 is 14.4 Å². The first kappa shape index (κ1) is 18.6. The fourth-order valence-corrected chi connectivity index (χ4v) is 3.05. The lowest BCUT2D eigenvalue weighted by Crippen LogP contribution is -2.50. The topological polar surface area (TPSA) is 72.9 Å². The number of carbonyl (C=O) groups excluding carboxylic acids is 3. The van der Waals surface area contributed by atoms with Crippen molar-refractivity contribution in [1.82, 2.24) is 4.90 Å². The van der Waals surface area contributed by atoms with Crippen LogP contribution in [0.5, 0.6) is 0 Å². The van der Waals surface area contributed by atoms with E-state index < -0.39 is 36.3 Å². The molecule has 0 fully saturated rings. The monoisotopic (exact) mass is 371 g/mol. The van der Waals surface area contributed by atoms with Crippen molar-refractivity contribution >= 4 is 17.8 Å². The fraction of sp³-hybridized carbons (Fsp3) is 0.250. The molecule has 0 unspecified atom stereocenters. The molecule has 0 saturated heterocycles. The third-order valence-electron chi connectivity index (χ3n) is 4.46. The quantitative estimate of drug-likeness (QED) is 0.770. The average Bonchev–Trinajstić information content (AvgIpc) is 2.70. The second-order valence-electron chi connectivity index (χ2n) is 6.09. The molecule has 0 aromatic heterocycles. The third-order valence-corrected chi connectivity index (χ3v) is 4.46. The number of fused-ring (bicyclic) bond motifs is 1. The first-order valence-corrected chi connectivity index (χ1v) is 8.37. The molecule has 2 aromatic rings. The molecule has 6 nitrogen and oxygen atoms in total. The molecule has 2 aromatic carbocycles. The molecular formula is C20H18FNO5. The molecule has 0 radical (unpaired) electrons. The molecule has 27 heavy (non-hydrogen) atoms. The third kappa shape index (κ3) is 3.97. The van der Waals surface area contributed by atoms with Gasteiger partial charge in [-0.1, -0.05) is 36.4 Å². The molecule has 0 spiro atoms. The van der Waals surface area contributed by atoms with Crippen LogP contribution in [0.15, 0.2) is 48.5 Å². The van der Waals surface area contributed by atoms with Gasteiger partial charge in [0.15, 0.2) is 6.61 Å². The Morgan fingerprint density at radius 1 is 1.07 bits per heavy atom. The van der Waals surface area contributed by atoms with Crippen molar-refractivity contribution in [1.29, 1.82) is 0 Å². The summed E-state index contributed by atoms with van der Waals surface area (Å²) in [5.41, 5.74) is 1.62. The van der Waals surface area contributed by atoms with Gasteiger partial charge in [0.05, 0.1) is 12.7 Å². The summed E-state index contributed by atoms with van der Waals surface area (Å²) in [5, 5.41) is 0. The van der Waals surface area contributed by atoms with Crippen LogP contribution in [0.4, 0.5) is 4.39 Å². The Morgan fingerprint density at radius 2 is 1.74 bits per heavy atom.